The summed E-state index contributed by atoms with van der Waals surface area (Å²) in [6, 6.07) is 0. The molecule has 1 N–H and O–H groups in total. The zero-order chi connectivity index (χ0) is 40.7. The average Bonchev–Trinajstić information content (AvgIpc) is 3.20. The van der Waals surface area contributed by atoms with Gasteiger partial charge in [0.1, 0.15) is 6.61 Å². The third kappa shape index (κ3) is 43.5. The second kappa shape index (κ2) is 46.2. The Labute approximate surface area is 345 Å². The Morgan fingerprint density at radius 2 is 0.768 bits per heavy atom. The van der Waals surface area contributed by atoms with Gasteiger partial charge >= 0.3 is 11.9 Å². The van der Waals surface area contributed by atoms with E-state index in [-0.39, 0.29) is 25.2 Å². The maximum atomic E-state index is 12.2. The molecule has 0 spiro atoms. The Kier molecular flexibility index (Phi) is 43.6. The van der Waals surface area contributed by atoms with Crippen LogP contribution in [-0.4, -0.2) is 36.4 Å². The summed E-state index contributed by atoms with van der Waals surface area (Å²) in [5.41, 5.74) is 0. The topological polar surface area (TPSA) is 72.8 Å². The lowest BCUT2D eigenvalue weighted by Gasteiger charge is -2.15. The van der Waals surface area contributed by atoms with Crippen LogP contribution in [0.3, 0.4) is 0 Å². The van der Waals surface area contributed by atoms with Crippen molar-refractivity contribution in [1.82, 2.24) is 0 Å². The first-order chi connectivity index (χ1) is 27.6. The number of carbonyl (C=O) groups excluding carboxylic acids is 2. The molecule has 5 heteroatoms. The van der Waals surface area contributed by atoms with E-state index in [0.29, 0.717) is 12.8 Å². The highest BCUT2D eigenvalue weighted by molar-refractivity contribution is 5.70. The van der Waals surface area contributed by atoms with Crippen LogP contribution < -0.4 is 0 Å². The van der Waals surface area contributed by atoms with Crippen LogP contribution in [0.4, 0.5) is 0 Å². The van der Waals surface area contributed by atoms with Gasteiger partial charge in [-0.3, -0.25) is 9.59 Å². The summed E-state index contributed by atoms with van der Waals surface area (Å²) in [4.78, 5) is 24.4. The van der Waals surface area contributed by atoms with Gasteiger partial charge in [-0.05, 0) is 96.3 Å². The van der Waals surface area contributed by atoms with E-state index in [2.05, 4.69) is 111 Å². The summed E-state index contributed by atoms with van der Waals surface area (Å²) in [6.07, 6.45) is 64.7. The van der Waals surface area contributed by atoms with Crippen molar-refractivity contribution >= 4 is 11.9 Å². The summed E-state index contributed by atoms with van der Waals surface area (Å²) < 4.78 is 10.6. The minimum atomic E-state index is -0.795. The number of hydrogen-bond donors (Lipinski definition) is 1. The quantitative estimate of drug-likeness (QED) is 0.0381. The van der Waals surface area contributed by atoms with Crippen LogP contribution >= 0.6 is 0 Å². The zero-order valence-electron chi connectivity index (χ0n) is 36.1. The molecule has 0 aliphatic heterocycles. The third-order valence-corrected chi connectivity index (χ3v) is 9.36. The highest BCUT2D eigenvalue weighted by atomic mass is 16.6. The summed E-state index contributed by atoms with van der Waals surface area (Å²) in [6.45, 7) is 3.98. The monoisotopic (exact) mass is 777 g/mol. The highest BCUT2D eigenvalue weighted by Gasteiger charge is 2.16. The van der Waals surface area contributed by atoms with Crippen molar-refractivity contribution in [2.45, 2.75) is 200 Å². The number of aliphatic hydroxyl groups excluding tert-OH is 1. The minimum absolute atomic E-state index is 0.0868. The smallest absolute Gasteiger partial charge is 0.306 e. The summed E-state index contributed by atoms with van der Waals surface area (Å²) in [5.74, 6) is -0.634. The van der Waals surface area contributed by atoms with Crippen LogP contribution in [0, 0.1) is 0 Å². The molecule has 1 unspecified atom stereocenters. The maximum Gasteiger partial charge on any atom is 0.306 e. The Bertz CT molecular complexity index is 1110. The largest absolute Gasteiger partial charge is 0.462 e. The lowest BCUT2D eigenvalue weighted by Crippen LogP contribution is -2.28. The number of carbonyl (C=O) groups is 2. The van der Waals surface area contributed by atoms with E-state index in [1.165, 1.54) is 57.8 Å². The molecule has 5 nitrogen and oxygen atoms in total. The lowest BCUT2D eigenvalue weighted by molar-refractivity contribution is -0.161. The van der Waals surface area contributed by atoms with E-state index in [4.69, 9.17) is 9.47 Å². The van der Waals surface area contributed by atoms with Crippen molar-refractivity contribution < 1.29 is 24.2 Å². The molecule has 0 aromatic heterocycles. The fraction of sp³-hybridized carbons (Fsp3) is 0.647. The van der Waals surface area contributed by atoms with Crippen molar-refractivity contribution in [2.24, 2.45) is 0 Å². The van der Waals surface area contributed by atoms with Gasteiger partial charge in [0, 0.05) is 12.8 Å². The molecule has 0 rings (SSSR count). The van der Waals surface area contributed by atoms with Gasteiger partial charge in [-0.15, -0.1) is 0 Å². The van der Waals surface area contributed by atoms with Gasteiger partial charge in [0.2, 0.25) is 0 Å². The van der Waals surface area contributed by atoms with Crippen LogP contribution in [0.5, 0.6) is 0 Å². The molecule has 0 aliphatic rings. The summed E-state index contributed by atoms with van der Waals surface area (Å²) in [7, 11) is 0. The first-order valence-corrected chi connectivity index (χ1v) is 22.8. The molecule has 318 valence electrons. The molecule has 0 bridgehead atoms. The van der Waals surface area contributed by atoms with Crippen LogP contribution in [0.1, 0.15) is 194 Å². The van der Waals surface area contributed by atoms with E-state index < -0.39 is 6.10 Å². The van der Waals surface area contributed by atoms with Crippen molar-refractivity contribution in [3.8, 4) is 0 Å². The Balaban J connectivity index is 3.64. The number of unbranched alkanes of at least 4 members (excludes halogenated alkanes) is 16. The molecule has 0 heterocycles. The molecule has 0 aromatic carbocycles. The van der Waals surface area contributed by atoms with Crippen LogP contribution in [0.15, 0.2) is 97.2 Å². The van der Waals surface area contributed by atoms with Crippen LogP contribution in [0.2, 0.25) is 0 Å². The van der Waals surface area contributed by atoms with Crippen molar-refractivity contribution in [3.05, 3.63) is 97.2 Å². The summed E-state index contributed by atoms with van der Waals surface area (Å²) >= 11 is 0. The molecular formula is C51H84O5. The van der Waals surface area contributed by atoms with Gasteiger partial charge in [-0.25, -0.2) is 0 Å². The summed E-state index contributed by atoms with van der Waals surface area (Å²) in [5, 5.41) is 9.60. The van der Waals surface area contributed by atoms with E-state index in [9.17, 15) is 14.7 Å². The van der Waals surface area contributed by atoms with E-state index in [0.717, 1.165) is 109 Å². The first-order valence-electron chi connectivity index (χ1n) is 22.8. The van der Waals surface area contributed by atoms with Gasteiger partial charge in [-0.1, -0.05) is 182 Å². The van der Waals surface area contributed by atoms with E-state index in [1.807, 2.05) is 0 Å². The standard InChI is InChI=1S/C51H84O5/c1-3-5-7-9-11-13-15-17-19-21-23-25-27-29-31-33-35-37-39-41-43-45-50(53)55-48-49(47-52)56-51(54)46-44-42-40-38-36-34-32-30-28-26-24-22-20-18-16-14-12-10-8-6-4-2/h6,8,12,14-15,17-18,20-21,23-24,26-27,29-30,32,49,52H,3-5,7,9-11,13,16,19,22,25,28,31,33-48H2,1-2H3/b8-6-,14-12-,17-15-,20-18-,23-21-,26-24-,29-27-,32-30-. The maximum absolute atomic E-state index is 12.2. The molecule has 0 aliphatic carbocycles. The van der Waals surface area contributed by atoms with Gasteiger partial charge < -0.3 is 14.6 Å². The van der Waals surface area contributed by atoms with Gasteiger partial charge in [0.25, 0.3) is 0 Å². The SMILES string of the molecule is CC/C=C\C/C=C\C/C=C\C/C=C\C/C=C\CCCCCCCC(=O)OC(CO)COC(=O)CCCCCCCC/C=C\C/C=C\C/C=C\CCCCCCC. The predicted molar refractivity (Wildman–Crippen MR) is 242 cm³/mol. The third-order valence-electron chi connectivity index (χ3n) is 9.36. The van der Waals surface area contributed by atoms with E-state index >= 15 is 0 Å². The van der Waals surface area contributed by atoms with Gasteiger partial charge in [0.05, 0.1) is 6.61 Å². The number of rotatable bonds is 40. The fourth-order valence-corrected chi connectivity index (χ4v) is 5.94. The predicted octanol–water partition coefficient (Wildman–Crippen LogP) is 14.8. The number of hydrogen-bond acceptors (Lipinski definition) is 5. The Morgan fingerprint density at radius 1 is 0.429 bits per heavy atom. The number of aliphatic hydroxyl groups is 1. The second-order valence-corrected chi connectivity index (χ2v) is 14.7. The number of allylic oxidation sites excluding steroid dienone is 16. The van der Waals surface area contributed by atoms with Crippen molar-refractivity contribution in [1.29, 1.82) is 0 Å². The molecule has 1 atom stereocenters. The lowest BCUT2D eigenvalue weighted by atomic mass is 10.1. The van der Waals surface area contributed by atoms with Crippen molar-refractivity contribution in [2.75, 3.05) is 13.2 Å². The number of ether oxygens (including phenoxy) is 2. The van der Waals surface area contributed by atoms with Gasteiger partial charge in [-0.2, -0.15) is 0 Å². The van der Waals surface area contributed by atoms with Crippen molar-refractivity contribution in [3.63, 3.8) is 0 Å². The molecule has 0 radical (unpaired) electrons. The fourth-order valence-electron chi connectivity index (χ4n) is 5.94. The average molecular weight is 777 g/mol. The molecule has 0 saturated carbocycles. The molecular weight excluding hydrogens is 693 g/mol. The molecule has 0 saturated heterocycles. The molecule has 0 fully saturated rings. The van der Waals surface area contributed by atoms with Crippen LogP contribution in [-0.2, 0) is 19.1 Å². The number of esters is 2. The van der Waals surface area contributed by atoms with Gasteiger partial charge in [0.15, 0.2) is 6.10 Å². The first kappa shape index (κ1) is 52.8. The molecule has 56 heavy (non-hydrogen) atoms. The Morgan fingerprint density at radius 3 is 1.16 bits per heavy atom. The van der Waals surface area contributed by atoms with Crippen LogP contribution in [0.25, 0.3) is 0 Å². The second-order valence-electron chi connectivity index (χ2n) is 14.7. The highest BCUT2D eigenvalue weighted by Crippen LogP contribution is 2.12. The normalized spacial score (nSPS) is 13.1. The zero-order valence-corrected chi connectivity index (χ0v) is 36.1. The molecule has 0 aromatic rings. The Hall–Kier alpha value is -3.18. The minimum Gasteiger partial charge on any atom is -0.462 e. The molecule has 0 amide bonds. The van der Waals surface area contributed by atoms with E-state index in [1.54, 1.807) is 0 Å².